The van der Waals surface area contributed by atoms with Gasteiger partial charge in [0.05, 0.1) is 5.33 Å². The van der Waals surface area contributed by atoms with E-state index in [2.05, 4.69) is 20.9 Å². The van der Waals surface area contributed by atoms with E-state index in [-0.39, 0.29) is 17.1 Å². The Morgan fingerprint density at radius 1 is 1.35 bits per heavy atom. The SMILES string of the molecule is CC(C)(C)OC(=O)C(C)(C)Sc1nc(C(=O)CBr)cs1. The van der Waals surface area contributed by atoms with Gasteiger partial charge in [-0.25, -0.2) is 4.98 Å². The fourth-order valence-corrected chi connectivity index (χ4v) is 3.66. The molecular formula is C13H18BrNO3S2. The van der Waals surface area contributed by atoms with Gasteiger partial charge in [-0.3, -0.25) is 9.59 Å². The maximum Gasteiger partial charge on any atom is 0.322 e. The molecule has 0 atom stereocenters. The molecule has 0 aromatic carbocycles. The molecular weight excluding hydrogens is 362 g/mol. The summed E-state index contributed by atoms with van der Waals surface area (Å²) in [5.74, 6) is -0.359. The van der Waals surface area contributed by atoms with Crippen molar-refractivity contribution in [3.05, 3.63) is 11.1 Å². The Labute approximate surface area is 135 Å². The van der Waals surface area contributed by atoms with Gasteiger partial charge in [-0.15, -0.1) is 11.3 Å². The van der Waals surface area contributed by atoms with E-state index in [0.717, 1.165) is 0 Å². The molecule has 0 fully saturated rings. The Morgan fingerprint density at radius 3 is 2.45 bits per heavy atom. The molecule has 0 saturated carbocycles. The van der Waals surface area contributed by atoms with Crippen LogP contribution >= 0.6 is 39.0 Å². The molecule has 0 saturated heterocycles. The van der Waals surface area contributed by atoms with E-state index in [1.165, 1.54) is 23.1 Å². The summed E-state index contributed by atoms with van der Waals surface area (Å²) in [6.45, 7) is 9.09. The fraction of sp³-hybridized carbons (Fsp3) is 0.615. The Balaban J connectivity index is 2.78. The van der Waals surface area contributed by atoms with Crippen LogP contribution in [0.5, 0.6) is 0 Å². The number of carbonyl (C=O) groups excluding carboxylic acids is 2. The number of hydrogen-bond donors (Lipinski definition) is 0. The third kappa shape index (κ3) is 5.18. The van der Waals surface area contributed by atoms with Crippen LogP contribution in [-0.2, 0) is 9.53 Å². The van der Waals surface area contributed by atoms with Crippen molar-refractivity contribution in [3.63, 3.8) is 0 Å². The molecule has 0 aliphatic carbocycles. The molecule has 20 heavy (non-hydrogen) atoms. The number of rotatable bonds is 5. The molecule has 1 aromatic heterocycles. The lowest BCUT2D eigenvalue weighted by molar-refractivity contribution is -0.156. The minimum Gasteiger partial charge on any atom is -0.459 e. The topological polar surface area (TPSA) is 56.3 Å². The monoisotopic (exact) mass is 379 g/mol. The van der Waals surface area contributed by atoms with Gasteiger partial charge in [-0.05, 0) is 34.6 Å². The number of ether oxygens (including phenoxy) is 1. The average molecular weight is 380 g/mol. The van der Waals surface area contributed by atoms with Gasteiger partial charge < -0.3 is 4.74 Å². The quantitative estimate of drug-likeness (QED) is 0.335. The van der Waals surface area contributed by atoms with Crippen LogP contribution in [0.25, 0.3) is 0 Å². The van der Waals surface area contributed by atoms with Crippen LogP contribution in [0.3, 0.4) is 0 Å². The van der Waals surface area contributed by atoms with Crippen LogP contribution in [0.4, 0.5) is 0 Å². The molecule has 0 aliphatic heterocycles. The number of esters is 1. The fourth-order valence-electron chi connectivity index (χ4n) is 1.16. The standard InChI is InChI=1S/C13H18BrNO3S2/c1-12(2,3)18-10(17)13(4,5)20-11-15-8(7-19-11)9(16)6-14/h7H,6H2,1-5H3. The number of aromatic nitrogens is 1. The lowest BCUT2D eigenvalue weighted by Crippen LogP contribution is -2.36. The first-order chi connectivity index (χ1) is 9.05. The summed E-state index contributed by atoms with van der Waals surface area (Å²) < 4.78 is 5.33. The number of halogens is 1. The van der Waals surface area contributed by atoms with Gasteiger partial charge in [0.1, 0.15) is 16.0 Å². The first-order valence-electron chi connectivity index (χ1n) is 6.02. The van der Waals surface area contributed by atoms with Crippen LogP contribution in [-0.4, -0.2) is 32.4 Å². The molecule has 0 aliphatic rings. The number of alkyl halides is 1. The highest BCUT2D eigenvalue weighted by Gasteiger charge is 2.34. The summed E-state index contributed by atoms with van der Waals surface area (Å²) >= 11 is 5.78. The van der Waals surface area contributed by atoms with Gasteiger partial charge in [0, 0.05) is 5.38 Å². The summed E-state index contributed by atoms with van der Waals surface area (Å²) in [5, 5.41) is 1.95. The highest BCUT2D eigenvalue weighted by Crippen LogP contribution is 2.36. The van der Waals surface area contributed by atoms with E-state index in [1.54, 1.807) is 19.2 Å². The van der Waals surface area contributed by atoms with Gasteiger partial charge in [0.2, 0.25) is 0 Å². The molecule has 0 spiro atoms. The zero-order chi connectivity index (χ0) is 15.6. The second-order valence-electron chi connectivity index (χ2n) is 5.67. The number of nitrogens with zero attached hydrogens (tertiary/aromatic N) is 1. The molecule has 0 radical (unpaired) electrons. The number of hydrogen-bond acceptors (Lipinski definition) is 6. The predicted octanol–water partition coefficient (Wildman–Crippen LogP) is 3.93. The van der Waals surface area contributed by atoms with E-state index in [0.29, 0.717) is 10.0 Å². The molecule has 1 aromatic rings. The van der Waals surface area contributed by atoms with Gasteiger partial charge >= 0.3 is 5.97 Å². The van der Waals surface area contributed by atoms with Crippen molar-refractivity contribution in [1.82, 2.24) is 4.98 Å². The predicted molar refractivity (Wildman–Crippen MR) is 86.0 cm³/mol. The molecule has 4 nitrogen and oxygen atoms in total. The lowest BCUT2D eigenvalue weighted by atomic mass is 10.1. The van der Waals surface area contributed by atoms with Gasteiger partial charge in [0.25, 0.3) is 0 Å². The lowest BCUT2D eigenvalue weighted by Gasteiger charge is -2.27. The summed E-state index contributed by atoms with van der Waals surface area (Å²) in [4.78, 5) is 27.9. The minimum atomic E-state index is -0.750. The maximum absolute atomic E-state index is 12.1. The van der Waals surface area contributed by atoms with Gasteiger partial charge in [-0.1, -0.05) is 27.7 Å². The largest absolute Gasteiger partial charge is 0.459 e. The smallest absolute Gasteiger partial charge is 0.322 e. The first kappa shape index (κ1) is 17.7. The normalized spacial score (nSPS) is 12.3. The van der Waals surface area contributed by atoms with Crippen molar-refractivity contribution in [2.24, 2.45) is 0 Å². The molecule has 0 amide bonds. The third-order valence-electron chi connectivity index (χ3n) is 2.12. The van der Waals surface area contributed by atoms with Crippen molar-refractivity contribution in [2.75, 3.05) is 5.33 Å². The zero-order valence-corrected chi connectivity index (χ0v) is 15.4. The van der Waals surface area contributed by atoms with Crippen molar-refractivity contribution < 1.29 is 14.3 Å². The highest BCUT2D eigenvalue weighted by atomic mass is 79.9. The first-order valence-corrected chi connectivity index (χ1v) is 8.84. The molecule has 0 unspecified atom stereocenters. The van der Waals surface area contributed by atoms with Gasteiger partial charge in [0.15, 0.2) is 10.1 Å². The molecule has 0 N–H and O–H groups in total. The van der Waals surface area contributed by atoms with Crippen molar-refractivity contribution >= 4 is 50.8 Å². The average Bonchev–Trinajstić information content (AvgIpc) is 2.73. The number of Topliss-reactive ketones (excluding diaryl/α,β-unsaturated/α-hetero) is 1. The van der Waals surface area contributed by atoms with Crippen LogP contribution in [0.2, 0.25) is 0 Å². The van der Waals surface area contributed by atoms with Crippen LogP contribution in [0.15, 0.2) is 9.72 Å². The minimum absolute atomic E-state index is 0.0665. The van der Waals surface area contributed by atoms with Crippen molar-refractivity contribution in [1.29, 1.82) is 0 Å². The van der Waals surface area contributed by atoms with E-state index in [1.807, 2.05) is 20.8 Å². The van der Waals surface area contributed by atoms with E-state index < -0.39 is 10.3 Å². The van der Waals surface area contributed by atoms with Crippen molar-refractivity contribution in [2.45, 2.75) is 49.3 Å². The Bertz CT molecular complexity index is 506. The second-order valence-corrected chi connectivity index (χ2v) is 8.96. The Hall–Kier alpha value is -0.400. The number of thiazole rings is 1. The summed E-state index contributed by atoms with van der Waals surface area (Å²) in [5.41, 5.74) is -0.0936. The van der Waals surface area contributed by atoms with Crippen molar-refractivity contribution in [3.8, 4) is 0 Å². The number of carbonyl (C=O) groups is 2. The van der Waals surface area contributed by atoms with Gasteiger partial charge in [-0.2, -0.15) is 0 Å². The van der Waals surface area contributed by atoms with Crippen LogP contribution < -0.4 is 0 Å². The maximum atomic E-state index is 12.1. The molecule has 112 valence electrons. The molecule has 1 heterocycles. The highest BCUT2D eigenvalue weighted by molar-refractivity contribution is 9.09. The summed E-state index contributed by atoms with van der Waals surface area (Å²) in [6, 6.07) is 0. The zero-order valence-electron chi connectivity index (χ0n) is 12.2. The molecule has 1 rings (SSSR count). The van der Waals surface area contributed by atoms with Crippen LogP contribution in [0.1, 0.15) is 45.1 Å². The summed E-state index contributed by atoms with van der Waals surface area (Å²) in [6.07, 6.45) is 0. The molecule has 0 bridgehead atoms. The summed E-state index contributed by atoms with van der Waals surface area (Å²) in [7, 11) is 0. The van der Waals surface area contributed by atoms with Crippen LogP contribution in [0, 0.1) is 0 Å². The van der Waals surface area contributed by atoms with E-state index in [4.69, 9.17) is 4.74 Å². The van der Waals surface area contributed by atoms with E-state index >= 15 is 0 Å². The number of ketones is 1. The molecule has 7 heteroatoms. The third-order valence-corrected chi connectivity index (χ3v) is 4.75. The Kier molecular flexibility index (Phi) is 5.80. The Morgan fingerprint density at radius 2 is 1.95 bits per heavy atom. The number of thioether (sulfide) groups is 1. The second kappa shape index (κ2) is 6.58. The van der Waals surface area contributed by atoms with E-state index in [9.17, 15) is 9.59 Å².